The fraction of sp³-hybridized carbons (Fsp3) is 0.250. The minimum absolute atomic E-state index is 0.171. The number of hydrogen-bond acceptors (Lipinski definition) is 6. The van der Waals surface area contributed by atoms with Crippen molar-refractivity contribution in [1.29, 1.82) is 0 Å². The van der Waals surface area contributed by atoms with E-state index in [2.05, 4.69) is 25.5 Å². The summed E-state index contributed by atoms with van der Waals surface area (Å²) in [5, 5.41) is 10.9. The highest BCUT2D eigenvalue weighted by Crippen LogP contribution is 2.05. The number of nitrogens with one attached hydrogen (secondary N) is 1. The predicted molar refractivity (Wildman–Crippen MR) is 69.4 cm³/mol. The van der Waals surface area contributed by atoms with Gasteiger partial charge in [0.05, 0.1) is 12.2 Å². The van der Waals surface area contributed by atoms with E-state index in [1.54, 1.807) is 32.4 Å². The summed E-state index contributed by atoms with van der Waals surface area (Å²) < 4.78 is 0. The Bertz CT molecular complexity index is 540. The summed E-state index contributed by atoms with van der Waals surface area (Å²) in [6.45, 7) is 0.526. The Morgan fingerprint density at radius 1 is 1.26 bits per heavy atom. The van der Waals surface area contributed by atoms with Crippen molar-refractivity contribution in [3.8, 4) is 0 Å². The summed E-state index contributed by atoms with van der Waals surface area (Å²) in [4.78, 5) is 21.0. The van der Waals surface area contributed by atoms with Crippen LogP contribution in [0.5, 0.6) is 0 Å². The van der Waals surface area contributed by atoms with Crippen molar-refractivity contribution in [2.45, 2.75) is 6.54 Å². The number of rotatable bonds is 4. The van der Waals surface area contributed by atoms with Crippen LogP contribution in [-0.2, 0) is 6.54 Å². The van der Waals surface area contributed by atoms with E-state index in [1.807, 2.05) is 6.07 Å². The molecule has 1 amide bonds. The second-order valence-corrected chi connectivity index (χ2v) is 4.06. The molecule has 7 heteroatoms. The normalized spacial score (nSPS) is 10.0. The van der Waals surface area contributed by atoms with Crippen LogP contribution in [0.15, 0.2) is 30.7 Å². The van der Waals surface area contributed by atoms with Crippen molar-refractivity contribution in [3.05, 3.63) is 42.1 Å². The van der Waals surface area contributed by atoms with Gasteiger partial charge in [-0.2, -0.15) is 0 Å². The molecular formula is C12H14N6O. The van der Waals surface area contributed by atoms with Crippen LogP contribution in [0.25, 0.3) is 0 Å². The smallest absolute Gasteiger partial charge is 0.273 e. The van der Waals surface area contributed by atoms with Crippen LogP contribution in [0.4, 0.5) is 5.82 Å². The van der Waals surface area contributed by atoms with Gasteiger partial charge in [0.1, 0.15) is 12.1 Å². The van der Waals surface area contributed by atoms with Gasteiger partial charge in [-0.05, 0) is 18.2 Å². The van der Waals surface area contributed by atoms with E-state index in [1.165, 1.54) is 11.2 Å². The molecule has 98 valence electrons. The Morgan fingerprint density at radius 2 is 2.11 bits per heavy atom. The summed E-state index contributed by atoms with van der Waals surface area (Å²) in [6, 6.07) is 5.16. The fourth-order valence-electron chi connectivity index (χ4n) is 1.37. The number of hydrogen-bond donors (Lipinski definition) is 1. The summed E-state index contributed by atoms with van der Waals surface area (Å²) >= 11 is 0. The first kappa shape index (κ1) is 12.9. The van der Waals surface area contributed by atoms with Gasteiger partial charge in [0.15, 0.2) is 5.69 Å². The molecule has 2 aromatic heterocycles. The number of anilines is 1. The molecule has 0 aliphatic carbocycles. The zero-order chi connectivity index (χ0) is 13.7. The van der Waals surface area contributed by atoms with E-state index < -0.39 is 0 Å². The van der Waals surface area contributed by atoms with Gasteiger partial charge in [0.2, 0.25) is 0 Å². The monoisotopic (exact) mass is 258 g/mol. The van der Waals surface area contributed by atoms with Crippen LogP contribution in [0.1, 0.15) is 16.2 Å². The molecule has 19 heavy (non-hydrogen) atoms. The zero-order valence-electron chi connectivity index (χ0n) is 10.7. The van der Waals surface area contributed by atoms with E-state index in [0.717, 1.165) is 5.69 Å². The maximum Gasteiger partial charge on any atom is 0.273 e. The van der Waals surface area contributed by atoms with Crippen molar-refractivity contribution >= 4 is 11.7 Å². The molecule has 7 nitrogen and oxygen atoms in total. The molecule has 0 saturated carbocycles. The van der Waals surface area contributed by atoms with E-state index in [0.29, 0.717) is 18.1 Å². The summed E-state index contributed by atoms with van der Waals surface area (Å²) in [5.74, 6) is 0.420. The molecule has 0 spiro atoms. The molecule has 0 bridgehead atoms. The first-order chi connectivity index (χ1) is 9.16. The van der Waals surface area contributed by atoms with Gasteiger partial charge in [-0.3, -0.25) is 4.79 Å². The molecule has 0 fully saturated rings. The minimum Gasteiger partial charge on any atom is -0.363 e. The number of amides is 1. The molecule has 0 radical (unpaired) electrons. The van der Waals surface area contributed by atoms with E-state index in [-0.39, 0.29) is 5.91 Å². The quantitative estimate of drug-likeness (QED) is 0.863. The molecule has 0 aliphatic rings. The average Bonchev–Trinajstić information content (AvgIpc) is 2.46. The standard InChI is InChI=1S/C12H14N6O/c1-18(2)12(19)10-3-4-11(17-16-10)14-7-9-5-6-13-8-15-9/h3-6,8H,7H2,1-2H3,(H,14,17). The third kappa shape index (κ3) is 3.44. The molecular weight excluding hydrogens is 244 g/mol. The van der Waals surface area contributed by atoms with Crippen molar-refractivity contribution in [3.63, 3.8) is 0 Å². The van der Waals surface area contributed by atoms with Gasteiger partial charge >= 0.3 is 0 Å². The molecule has 0 unspecified atom stereocenters. The molecule has 2 aromatic rings. The lowest BCUT2D eigenvalue weighted by Gasteiger charge is -2.09. The predicted octanol–water partition coefficient (Wildman–Crippen LogP) is 0.580. The van der Waals surface area contributed by atoms with Crippen LogP contribution < -0.4 is 5.32 Å². The number of carbonyl (C=O) groups is 1. The molecule has 0 aliphatic heterocycles. The molecule has 0 saturated heterocycles. The van der Waals surface area contributed by atoms with E-state index in [4.69, 9.17) is 0 Å². The summed E-state index contributed by atoms with van der Waals surface area (Å²) in [5.41, 5.74) is 1.17. The van der Waals surface area contributed by atoms with Crippen molar-refractivity contribution in [1.82, 2.24) is 25.1 Å². The SMILES string of the molecule is CN(C)C(=O)c1ccc(NCc2ccncn2)nn1. The minimum atomic E-state index is -0.171. The van der Waals surface area contributed by atoms with E-state index >= 15 is 0 Å². The van der Waals surface area contributed by atoms with Crippen LogP contribution >= 0.6 is 0 Å². The van der Waals surface area contributed by atoms with Gasteiger partial charge in [0.25, 0.3) is 5.91 Å². The highest BCUT2D eigenvalue weighted by Gasteiger charge is 2.09. The Hall–Kier alpha value is -2.57. The molecule has 2 rings (SSSR count). The van der Waals surface area contributed by atoms with Gasteiger partial charge in [-0.1, -0.05) is 0 Å². The lowest BCUT2D eigenvalue weighted by atomic mass is 10.3. The molecule has 0 atom stereocenters. The van der Waals surface area contributed by atoms with Gasteiger partial charge in [-0.15, -0.1) is 10.2 Å². The molecule has 0 aromatic carbocycles. The summed E-state index contributed by atoms with van der Waals surface area (Å²) in [7, 11) is 3.34. The second kappa shape index (κ2) is 5.85. The average molecular weight is 258 g/mol. The van der Waals surface area contributed by atoms with Gasteiger partial charge in [0, 0.05) is 20.3 Å². The largest absolute Gasteiger partial charge is 0.363 e. The number of nitrogens with zero attached hydrogens (tertiary/aromatic N) is 5. The Morgan fingerprint density at radius 3 is 2.68 bits per heavy atom. The van der Waals surface area contributed by atoms with Crippen molar-refractivity contribution in [2.24, 2.45) is 0 Å². The first-order valence-corrected chi connectivity index (χ1v) is 5.71. The highest BCUT2D eigenvalue weighted by atomic mass is 16.2. The molecule has 2 heterocycles. The summed E-state index contributed by atoms with van der Waals surface area (Å²) in [6.07, 6.45) is 3.16. The Labute approximate surface area is 110 Å². The fourth-order valence-corrected chi connectivity index (χ4v) is 1.37. The Kier molecular flexibility index (Phi) is 3.97. The molecule has 1 N–H and O–H groups in total. The van der Waals surface area contributed by atoms with Crippen LogP contribution in [0.3, 0.4) is 0 Å². The Balaban J connectivity index is 1.98. The topological polar surface area (TPSA) is 83.9 Å². The van der Waals surface area contributed by atoms with Crippen LogP contribution in [0.2, 0.25) is 0 Å². The zero-order valence-corrected chi connectivity index (χ0v) is 10.7. The highest BCUT2D eigenvalue weighted by molar-refractivity contribution is 5.91. The maximum absolute atomic E-state index is 11.6. The third-order valence-electron chi connectivity index (χ3n) is 2.38. The van der Waals surface area contributed by atoms with Gasteiger partial charge < -0.3 is 10.2 Å². The number of aromatic nitrogens is 4. The number of carbonyl (C=O) groups excluding carboxylic acids is 1. The van der Waals surface area contributed by atoms with Crippen molar-refractivity contribution < 1.29 is 4.79 Å². The second-order valence-electron chi connectivity index (χ2n) is 4.06. The maximum atomic E-state index is 11.6. The lowest BCUT2D eigenvalue weighted by Crippen LogP contribution is -2.23. The first-order valence-electron chi connectivity index (χ1n) is 5.71. The third-order valence-corrected chi connectivity index (χ3v) is 2.38. The van der Waals surface area contributed by atoms with Gasteiger partial charge in [-0.25, -0.2) is 9.97 Å². The van der Waals surface area contributed by atoms with E-state index in [9.17, 15) is 4.79 Å². The van der Waals surface area contributed by atoms with Crippen LogP contribution in [-0.4, -0.2) is 45.1 Å². The van der Waals surface area contributed by atoms with Crippen LogP contribution in [0, 0.1) is 0 Å². The lowest BCUT2D eigenvalue weighted by molar-refractivity contribution is 0.0821. The van der Waals surface area contributed by atoms with Crippen molar-refractivity contribution in [2.75, 3.05) is 19.4 Å².